The molecule has 2 rings (SSSR count). The van der Waals surface area contributed by atoms with E-state index >= 15 is 0 Å². The minimum absolute atomic E-state index is 0.0962. The first-order valence-corrected chi connectivity index (χ1v) is 5.51. The lowest BCUT2D eigenvalue weighted by Gasteiger charge is -2.03. The predicted octanol–water partition coefficient (Wildman–Crippen LogP) is 2.69. The molecule has 0 fully saturated rings. The van der Waals surface area contributed by atoms with Gasteiger partial charge in [-0.3, -0.25) is 10.3 Å². The van der Waals surface area contributed by atoms with Crippen LogP contribution in [0.4, 0.5) is 0 Å². The van der Waals surface area contributed by atoms with E-state index in [0.29, 0.717) is 11.6 Å². The van der Waals surface area contributed by atoms with E-state index in [1.807, 2.05) is 30.3 Å². The van der Waals surface area contributed by atoms with E-state index in [1.54, 1.807) is 0 Å². The summed E-state index contributed by atoms with van der Waals surface area (Å²) in [5.74, 6) is 0. The molecule has 16 heavy (non-hydrogen) atoms. The fourth-order valence-corrected chi connectivity index (χ4v) is 1.60. The number of isothiocyanates is 1. The molecule has 1 aromatic carbocycles. The molecule has 0 saturated heterocycles. The molecular weight excluding hydrogens is 244 g/mol. The van der Waals surface area contributed by atoms with Gasteiger partial charge < -0.3 is 0 Å². The quantitative estimate of drug-likeness (QED) is 0.663. The van der Waals surface area contributed by atoms with Crippen molar-refractivity contribution in [2.45, 2.75) is 6.10 Å². The summed E-state index contributed by atoms with van der Waals surface area (Å²) in [5, 5.41) is 3.02. The number of hydrogen-bond acceptors (Lipinski definition) is 4. The monoisotopic (exact) mass is 252 g/mol. The van der Waals surface area contributed by atoms with Gasteiger partial charge in [-0.15, -0.1) is 0 Å². The first kappa shape index (κ1) is 11.3. The van der Waals surface area contributed by atoms with Crippen molar-refractivity contribution < 1.29 is 4.84 Å². The minimum Gasteiger partial charge on any atom is -0.267 e. The number of hydroxylamine groups is 1. The number of thiocarbonyl (C=S) groups is 1. The topological polar surface area (TPSA) is 33.6 Å². The summed E-state index contributed by atoms with van der Waals surface area (Å²) in [4.78, 5) is 9.13. The Bertz CT molecular complexity index is 452. The number of rotatable bonds is 3. The zero-order valence-electron chi connectivity index (χ0n) is 8.31. The first-order chi connectivity index (χ1) is 7.79. The highest BCUT2D eigenvalue weighted by molar-refractivity contribution is 7.78. The van der Waals surface area contributed by atoms with Gasteiger partial charge in [0.2, 0.25) is 0 Å². The maximum absolute atomic E-state index is 5.81. The van der Waals surface area contributed by atoms with Crippen LogP contribution in [0.1, 0.15) is 5.56 Å². The van der Waals surface area contributed by atoms with Gasteiger partial charge in [-0.25, -0.2) is 4.99 Å². The van der Waals surface area contributed by atoms with E-state index in [2.05, 4.69) is 27.9 Å². The van der Waals surface area contributed by atoms with Crippen LogP contribution in [-0.2, 0) is 4.84 Å². The zero-order valence-corrected chi connectivity index (χ0v) is 9.89. The highest BCUT2D eigenvalue weighted by Gasteiger charge is 2.16. The average Bonchev–Trinajstić information content (AvgIpc) is 2.76. The van der Waals surface area contributed by atoms with Crippen molar-refractivity contribution in [3.63, 3.8) is 0 Å². The number of aliphatic imine (C=N–C) groups is 1. The first-order valence-electron chi connectivity index (χ1n) is 4.72. The molecule has 1 aliphatic rings. The third kappa shape index (κ3) is 2.68. The van der Waals surface area contributed by atoms with E-state index in [-0.39, 0.29) is 6.10 Å². The van der Waals surface area contributed by atoms with Gasteiger partial charge >= 0.3 is 0 Å². The lowest BCUT2D eigenvalue weighted by Crippen LogP contribution is -2.14. The van der Waals surface area contributed by atoms with Crippen molar-refractivity contribution in [1.29, 1.82) is 0 Å². The van der Waals surface area contributed by atoms with Gasteiger partial charge in [-0.1, -0.05) is 23.7 Å². The molecule has 0 amide bonds. The van der Waals surface area contributed by atoms with Crippen LogP contribution in [0.2, 0.25) is 5.02 Å². The molecule has 1 N–H and O–H groups in total. The molecule has 0 bridgehead atoms. The molecule has 1 heterocycles. The zero-order chi connectivity index (χ0) is 11.4. The second kappa shape index (κ2) is 5.23. The van der Waals surface area contributed by atoms with E-state index in [1.165, 1.54) is 0 Å². The van der Waals surface area contributed by atoms with Crippen molar-refractivity contribution in [3.8, 4) is 0 Å². The van der Waals surface area contributed by atoms with Crippen LogP contribution in [0, 0.1) is 0 Å². The Labute approximate surface area is 104 Å². The Hall–Kier alpha value is -1.19. The van der Waals surface area contributed by atoms with Crippen molar-refractivity contribution >= 4 is 34.7 Å². The van der Waals surface area contributed by atoms with Crippen LogP contribution in [-0.4, -0.2) is 17.8 Å². The number of hydrogen-bond donors (Lipinski definition) is 1. The standard InChI is InChI=1S/C11H9ClN2OS/c12-9-3-1-8(2-4-9)11-5-10(15-14-11)6-13-7-16/h1-5,10,14H,6H2. The second-order valence-electron chi connectivity index (χ2n) is 3.28. The van der Waals surface area contributed by atoms with Gasteiger partial charge in [0, 0.05) is 5.02 Å². The molecule has 0 spiro atoms. The number of halogens is 1. The number of nitrogens with zero attached hydrogens (tertiary/aromatic N) is 1. The van der Waals surface area contributed by atoms with Gasteiger partial charge in [0.1, 0.15) is 6.10 Å². The SMILES string of the molecule is S=C=NCC1C=C(c2ccc(Cl)cc2)NO1. The van der Waals surface area contributed by atoms with Crippen LogP contribution >= 0.6 is 23.8 Å². The van der Waals surface area contributed by atoms with E-state index in [0.717, 1.165) is 11.3 Å². The van der Waals surface area contributed by atoms with Gasteiger partial charge in [0.25, 0.3) is 0 Å². The Morgan fingerprint density at radius 2 is 2.19 bits per heavy atom. The molecule has 1 aliphatic heterocycles. The largest absolute Gasteiger partial charge is 0.267 e. The van der Waals surface area contributed by atoms with Gasteiger partial charge in [-0.2, -0.15) is 0 Å². The summed E-state index contributed by atoms with van der Waals surface area (Å²) in [5.41, 5.74) is 4.79. The summed E-state index contributed by atoms with van der Waals surface area (Å²) < 4.78 is 0. The fourth-order valence-electron chi connectivity index (χ4n) is 1.39. The molecule has 1 atom stereocenters. The molecular formula is C11H9ClN2OS. The maximum atomic E-state index is 5.81. The van der Waals surface area contributed by atoms with E-state index in [9.17, 15) is 0 Å². The van der Waals surface area contributed by atoms with Crippen LogP contribution in [0.3, 0.4) is 0 Å². The predicted molar refractivity (Wildman–Crippen MR) is 67.3 cm³/mol. The third-order valence-electron chi connectivity index (χ3n) is 2.16. The summed E-state index contributed by atoms with van der Waals surface area (Å²) in [7, 11) is 0. The summed E-state index contributed by atoms with van der Waals surface area (Å²) in [6.45, 7) is 0.480. The summed E-state index contributed by atoms with van der Waals surface area (Å²) in [6, 6.07) is 7.52. The van der Waals surface area contributed by atoms with E-state index in [4.69, 9.17) is 16.4 Å². The molecule has 0 saturated carbocycles. The smallest absolute Gasteiger partial charge is 0.126 e. The molecule has 3 nitrogen and oxygen atoms in total. The molecule has 1 unspecified atom stereocenters. The highest BCUT2D eigenvalue weighted by atomic mass is 35.5. The molecule has 0 aliphatic carbocycles. The molecule has 1 aromatic rings. The van der Waals surface area contributed by atoms with Crippen LogP contribution in [0.15, 0.2) is 35.3 Å². The lowest BCUT2D eigenvalue weighted by molar-refractivity contribution is 0.0571. The number of nitrogens with one attached hydrogen (secondary N) is 1. The van der Waals surface area contributed by atoms with Crippen molar-refractivity contribution in [3.05, 3.63) is 40.9 Å². The van der Waals surface area contributed by atoms with Crippen molar-refractivity contribution in [1.82, 2.24) is 5.48 Å². The normalized spacial score (nSPS) is 18.6. The van der Waals surface area contributed by atoms with Crippen molar-refractivity contribution in [2.24, 2.45) is 4.99 Å². The summed E-state index contributed by atoms with van der Waals surface area (Å²) in [6.07, 6.45) is 1.86. The third-order valence-corrected chi connectivity index (χ3v) is 2.54. The molecule has 0 radical (unpaired) electrons. The Balaban J connectivity index is 2.11. The average molecular weight is 253 g/mol. The highest BCUT2D eigenvalue weighted by Crippen LogP contribution is 2.20. The molecule has 5 heteroatoms. The Kier molecular flexibility index (Phi) is 3.70. The lowest BCUT2D eigenvalue weighted by atomic mass is 10.1. The van der Waals surface area contributed by atoms with Crippen LogP contribution in [0.5, 0.6) is 0 Å². The van der Waals surface area contributed by atoms with Gasteiger partial charge in [0.05, 0.1) is 17.4 Å². The number of benzene rings is 1. The van der Waals surface area contributed by atoms with Crippen LogP contribution < -0.4 is 5.48 Å². The molecule has 82 valence electrons. The molecule has 0 aromatic heterocycles. The Morgan fingerprint density at radius 1 is 1.44 bits per heavy atom. The van der Waals surface area contributed by atoms with Gasteiger partial charge in [-0.05, 0) is 36.0 Å². The second-order valence-corrected chi connectivity index (χ2v) is 3.90. The van der Waals surface area contributed by atoms with Crippen molar-refractivity contribution in [2.75, 3.05) is 6.54 Å². The maximum Gasteiger partial charge on any atom is 0.126 e. The minimum atomic E-state index is -0.0962. The fraction of sp³-hybridized carbons (Fsp3) is 0.182. The van der Waals surface area contributed by atoms with Gasteiger partial charge in [0.15, 0.2) is 0 Å². The Morgan fingerprint density at radius 3 is 2.88 bits per heavy atom. The van der Waals surface area contributed by atoms with E-state index < -0.39 is 0 Å². The van der Waals surface area contributed by atoms with Crippen LogP contribution in [0.25, 0.3) is 5.70 Å². The summed E-state index contributed by atoms with van der Waals surface area (Å²) >= 11 is 10.3.